The summed E-state index contributed by atoms with van der Waals surface area (Å²) in [5.74, 6) is 0. The van der Waals surface area contributed by atoms with Gasteiger partial charge in [-0.05, 0) is 30.5 Å². The Morgan fingerprint density at radius 2 is 1.50 bits per heavy atom. The van der Waals surface area contributed by atoms with E-state index in [0.29, 0.717) is 6.42 Å². The van der Waals surface area contributed by atoms with Gasteiger partial charge in [-0.3, -0.25) is 0 Å². The van der Waals surface area contributed by atoms with Crippen molar-refractivity contribution in [1.82, 2.24) is 0 Å². The lowest BCUT2D eigenvalue weighted by Gasteiger charge is -2.22. The molecule has 2 rings (SSSR count). The molecule has 0 aromatic heterocycles. The van der Waals surface area contributed by atoms with E-state index in [2.05, 4.69) is 24.3 Å². The van der Waals surface area contributed by atoms with Crippen LogP contribution in [0.2, 0.25) is 0 Å². The normalized spacial score (nSPS) is 13.2. The molecular weight excluding hydrogens is 251 g/mol. The van der Waals surface area contributed by atoms with E-state index in [1.807, 2.05) is 30.3 Å². The van der Waals surface area contributed by atoms with Crippen LogP contribution in [-0.2, 0) is 4.74 Å². The number of hydrogen-bond donors (Lipinski definition) is 0. The van der Waals surface area contributed by atoms with Gasteiger partial charge in [0.2, 0.25) is 0 Å². The van der Waals surface area contributed by atoms with E-state index in [1.54, 1.807) is 21.0 Å². The third-order valence-electron chi connectivity index (χ3n) is 3.34. The second kappa shape index (κ2) is 6.19. The van der Waals surface area contributed by atoms with Gasteiger partial charge in [0.1, 0.15) is 5.67 Å². The van der Waals surface area contributed by atoms with Gasteiger partial charge in [0.05, 0.1) is 6.10 Å². The van der Waals surface area contributed by atoms with Gasteiger partial charge >= 0.3 is 0 Å². The summed E-state index contributed by atoms with van der Waals surface area (Å²) in [5, 5.41) is 0. The fraction of sp³-hybridized carbons (Fsp3) is 0.333. The molecule has 0 amide bonds. The quantitative estimate of drug-likeness (QED) is 0.728. The number of rotatable bonds is 5. The van der Waals surface area contributed by atoms with Crippen LogP contribution in [0.5, 0.6) is 0 Å². The van der Waals surface area contributed by atoms with Crippen LogP contribution in [0.4, 0.5) is 4.39 Å². The van der Waals surface area contributed by atoms with Crippen LogP contribution in [0.3, 0.4) is 0 Å². The molecule has 1 unspecified atom stereocenters. The number of halogens is 1. The molecule has 2 aromatic carbocycles. The molecule has 0 saturated carbocycles. The zero-order valence-corrected chi connectivity index (χ0v) is 12.3. The minimum atomic E-state index is -1.24. The van der Waals surface area contributed by atoms with Gasteiger partial charge in [0, 0.05) is 13.5 Å². The van der Waals surface area contributed by atoms with Crippen molar-refractivity contribution in [3.05, 3.63) is 60.2 Å². The van der Waals surface area contributed by atoms with Crippen LogP contribution < -0.4 is 0 Å². The van der Waals surface area contributed by atoms with E-state index >= 15 is 0 Å². The molecule has 0 aliphatic carbocycles. The van der Waals surface area contributed by atoms with Crippen molar-refractivity contribution in [1.29, 1.82) is 0 Å². The molecule has 106 valence electrons. The summed E-state index contributed by atoms with van der Waals surface area (Å²) in [6.45, 7) is 3.16. The number of ether oxygens (including phenoxy) is 1. The van der Waals surface area contributed by atoms with Crippen LogP contribution >= 0.6 is 0 Å². The summed E-state index contributed by atoms with van der Waals surface area (Å²) >= 11 is 0. The Labute approximate surface area is 120 Å². The van der Waals surface area contributed by atoms with Crippen molar-refractivity contribution in [2.75, 3.05) is 7.11 Å². The zero-order valence-electron chi connectivity index (χ0n) is 12.3. The maximum Gasteiger partial charge on any atom is 0.108 e. The Kier molecular flexibility index (Phi) is 4.56. The Morgan fingerprint density at radius 1 is 0.950 bits per heavy atom. The van der Waals surface area contributed by atoms with Gasteiger partial charge in [-0.15, -0.1) is 0 Å². The van der Waals surface area contributed by atoms with Crippen molar-refractivity contribution in [3.8, 4) is 11.1 Å². The Morgan fingerprint density at radius 3 is 2.00 bits per heavy atom. The molecule has 0 aliphatic heterocycles. The van der Waals surface area contributed by atoms with Crippen LogP contribution in [0.25, 0.3) is 11.1 Å². The number of benzene rings is 2. The number of methoxy groups -OCH3 is 1. The maximum atomic E-state index is 13.8. The highest BCUT2D eigenvalue weighted by atomic mass is 19.1. The average Bonchev–Trinajstić information content (AvgIpc) is 2.45. The van der Waals surface area contributed by atoms with E-state index in [4.69, 9.17) is 4.74 Å². The fourth-order valence-corrected chi connectivity index (χ4v) is 2.30. The lowest BCUT2D eigenvalue weighted by molar-refractivity contribution is 0.0451. The second-order valence-corrected chi connectivity index (χ2v) is 5.64. The zero-order chi connectivity index (χ0) is 14.6. The molecule has 0 fully saturated rings. The van der Waals surface area contributed by atoms with E-state index in [0.717, 1.165) is 11.1 Å². The third kappa shape index (κ3) is 3.91. The molecule has 0 saturated heterocycles. The maximum absolute atomic E-state index is 13.8. The average molecular weight is 272 g/mol. The predicted octanol–water partition coefficient (Wildman–Crippen LogP) is 5.18. The van der Waals surface area contributed by atoms with Crippen molar-refractivity contribution < 1.29 is 9.13 Å². The second-order valence-electron chi connectivity index (χ2n) is 5.64. The molecule has 0 bridgehead atoms. The molecule has 1 atom stereocenters. The lowest BCUT2D eigenvalue weighted by atomic mass is 9.95. The van der Waals surface area contributed by atoms with Crippen LogP contribution in [0.1, 0.15) is 31.9 Å². The highest BCUT2D eigenvalue weighted by molar-refractivity contribution is 5.63. The molecule has 0 aliphatic rings. The first-order valence-electron chi connectivity index (χ1n) is 6.87. The topological polar surface area (TPSA) is 9.23 Å². The first kappa shape index (κ1) is 14.7. The molecule has 2 aromatic rings. The van der Waals surface area contributed by atoms with Gasteiger partial charge in [0.15, 0.2) is 0 Å². The molecule has 0 N–H and O–H groups in total. The molecule has 1 nitrogen and oxygen atoms in total. The van der Waals surface area contributed by atoms with Crippen LogP contribution in [0, 0.1) is 0 Å². The van der Waals surface area contributed by atoms with Gasteiger partial charge in [-0.25, -0.2) is 4.39 Å². The Hall–Kier alpha value is -1.67. The molecule has 0 heterocycles. The molecule has 0 spiro atoms. The van der Waals surface area contributed by atoms with Crippen molar-refractivity contribution in [2.45, 2.75) is 32.0 Å². The highest BCUT2D eigenvalue weighted by Gasteiger charge is 2.23. The van der Waals surface area contributed by atoms with Gasteiger partial charge in [-0.1, -0.05) is 54.6 Å². The minimum Gasteiger partial charge on any atom is -0.377 e. The lowest BCUT2D eigenvalue weighted by Crippen LogP contribution is -2.18. The molecular formula is C18H21FO. The Bertz CT molecular complexity index is 526. The summed E-state index contributed by atoms with van der Waals surface area (Å²) in [4.78, 5) is 0. The first-order valence-corrected chi connectivity index (χ1v) is 6.87. The smallest absolute Gasteiger partial charge is 0.108 e. The molecule has 20 heavy (non-hydrogen) atoms. The summed E-state index contributed by atoms with van der Waals surface area (Å²) in [6, 6.07) is 18.3. The summed E-state index contributed by atoms with van der Waals surface area (Å²) in [6.07, 6.45) is 0.147. The fourth-order valence-electron chi connectivity index (χ4n) is 2.30. The summed E-state index contributed by atoms with van der Waals surface area (Å²) < 4.78 is 19.2. The largest absolute Gasteiger partial charge is 0.377 e. The SMILES string of the molecule is COC(CC(C)(C)F)c1ccc(-c2ccccc2)cc1. The summed E-state index contributed by atoms with van der Waals surface area (Å²) in [5.41, 5.74) is 2.11. The van der Waals surface area contributed by atoms with Gasteiger partial charge in [0.25, 0.3) is 0 Å². The highest BCUT2D eigenvalue weighted by Crippen LogP contribution is 2.30. The number of hydrogen-bond acceptors (Lipinski definition) is 1. The van der Waals surface area contributed by atoms with E-state index in [9.17, 15) is 4.39 Å². The number of alkyl halides is 1. The third-order valence-corrected chi connectivity index (χ3v) is 3.34. The van der Waals surface area contributed by atoms with Crippen molar-refractivity contribution in [2.24, 2.45) is 0 Å². The van der Waals surface area contributed by atoms with Gasteiger partial charge < -0.3 is 4.74 Å². The van der Waals surface area contributed by atoms with Crippen molar-refractivity contribution in [3.63, 3.8) is 0 Å². The first-order chi connectivity index (χ1) is 9.49. The minimum absolute atomic E-state index is 0.208. The van der Waals surface area contributed by atoms with Crippen LogP contribution in [0.15, 0.2) is 54.6 Å². The van der Waals surface area contributed by atoms with Crippen molar-refractivity contribution >= 4 is 0 Å². The van der Waals surface area contributed by atoms with Crippen LogP contribution in [-0.4, -0.2) is 12.8 Å². The van der Waals surface area contributed by atoms with Gasteiger partial charge in [-0.2, -0.15) is 0 Å². The standard InChI is InChI=1S/C18H21FO/c1-18(2,19)13-17(20-3)16-11-9-15(10-12-16)14-7-5-4-6-8-14/h4-12,17H,13H2,1-3H3. The molecule has 2 heteroatoms. The molecule has 0 radical (unpaired) electrons. The van der Waals surface area contributed by atoms with E-state index < -0.39 is 5.67 Å². The Balaban J connectivity index is 2.19. The predicted molar refractivity (Wildman–Crippen MR) is 81.4 cm³/mol. The monoisotopic (exact) mass is 272 g/mol. The van der Waals surface area contributed by atoms with E-state index in [-0.39, 0.29) is 6.10 Å². The summed E-state index contributed by atoms with van der Waals surface area (Å²) in [7, 11) is 1.63. The van der Waals surface area contributed by atoms with E-state index in [1.165, 1.54) is 5.56 Å².